The van der Waals surface area contributed by atoms with E-state index in [1.165, 1.54) is 19.2 Å². The molecule has 0 spiro atoms. The summed E-state index contributed by atoms with van der Waals surface area (Å²) in [6.45, 7) is 1.98. The molecule has 0 saturated heterocycles. The number of methoxy groups -OCH3 is 1. The van der Waals surface area contributed by atoms with Gasteiger partial charge in [-0.25, -0.2) is 4.21 Å². The van der Waals surface area contributed by atoms with Crippen LogP contribution in [-0.4, -0.2) is 16.4 Å². The fourth-order valence-electron chi connectivity index (χ4n) is 1.60. The van der Waals surface area contributed by atoms with Crippen molar-refractivity contribution in [3.05, 3.63) is 48.0 Å². The van der Waals surface area contributed by atoms with E-state index in [1.807, 2.05) is 31.2 Å². The largest absolute Gasteiger partial charge is 0.508 e. The van der Waals surface area contributed by atoms with Crippen LogP contribution in [0, 0.1) is 6.92 Å². The highest BCUT2D eigenvalue weighted by molar-refractivity contribution is 7.85. The zero-order valence-electron chi connectivity index (χ0n) is 10.2. The molecule has 1 unspecified atom stereocenters. The summed E-state index contributed by atoms with van der Waals surface area (Å²) in [5.74, 6) is 0.519. The number of hydrogen-bond acceptors (Lipinski definition) is 3. The van der Waals surface area contributed by atoms with Crippen molar-refractivity contribution in [1.82, 2.24) is 0 Å². The summed E-state index contributed by atoms with van der Waals surface area (Å²) >= 11 is 0. The first kappa shape index (κ1) is 12.6. The van der Waals surface area contributed by atoms with E-state index in [4.69, 9.17) is 4.74 Å². The van der Waals surface area contributed by atoms with E-state index in [0.29, 0.717) is 15.5 Å². The molecule has 0 fully saturated rings. The second-order valence-electron chi connectivity index (χ2n) is 3.92. The molecule has 0 saturated carbocycles. The summed E-state index contributed by atoms with van der Waals surface area (Å²) in [5, 5.41) is 9.38. The summed E-state index contributed by atoms with van der Waals surface area (Å²) in [5.41, 5.74) is 1.12. The van der Waals surface area contributed by atoms with Gasteiger partial charge >= 0.3 is 0 Å². The smallest absolute Gasteiger partial charge is 0.139 e. The van der Waals surface area contributed by atoms with Crippen LogP contribution in [0.1, 0.15) is 5.56 Å². The van der Waals surface area contributed by atoms with Crippen LogP contribution in [0.5, 0.6) is 11.5 Å². The predicted octanol–water partition coefficient (Wildman–Crippen LogP) is 2.88. The SMILES string of the molecule is COc1cc(O)ccc1S(=O)c1ccc(C)cc1. The van der Waals surface area contributed by atoms with Crippen molar-refractivity contribution in [2.45, 2.75) is 16.7 Å². The van der Waals surface area contributed by atoms with Gasteiger partial charge in [-0.15, -0.1) is 0 Å². The fraction of sp³-hybridized carbons (Fsp3) is 0.143. The number of benzene rings is 2. The van der Waals surface area contributed by atoms with E-state index in [9.17, 15) is 9.32 Å². The van der Waals surface area contributed by atoms with Crippen LogP contribution in [0.4, 0.5) is 0 Å². The van der Waals surface area contributed by atoms with Gasteiger partial charge in [-0.2, -0.15) is 0 Å². The molecule has 4 heteroatoms. The molecular formula is C14H14O3S. The maximum atomic E-state index is 12.4. The monoisotopic (exact) mass is 262 g/mol. The Kier molecular flexibility index (Phi) is 3.67. The van der Waals surface area contributed by atoms with Crippen LogP contribution >= 0.6 is 0 Å². The molecular weight excluding hydrogens is 248 g/mol. The minimum Gasteiger partial charge on any atom is -0.508 e. The van der Waals surface area contributed by atoms with Gasteiger partial charge in [0, 0.05) is 11.0 Å². The lowest BCUT2D eigenvalue weighted by Gasteiger charge is -2.08. The highest BCUT2D eigenvalue weighted by Gasteiger charge is 2.13. The van der Waals surface area contributed by atoms with Crippen LogP contribution in [-0.2, 0) is 10.8 Å². The van der Waals surface area contributed by atoms with Crippen molar-refractivity contribution in [3.8, 4) is 11.5 Å². The molecule has 0 heterocycles. The standard InChI is InChI=1S/C14H14O3S/c1-10-3-6-12(7-4-10)18(16)14-8-5-11(15)9-13(14)17-2/h3-9,15H,1-2H3. The minimum atomic E-state index is -1.31. The molecule has 18 heavy (non-hydrogen) atoms. The van der Waals surface area contributed by atoms with Gasteiger partial charge in [-0.3, -0.25) is 0 Å². The van der Waals surface area contributed by atoms with Gasteiger partial charge in [-0.05, 0) is 31.2 Å². The molecule has 0 bridgehead atoms. The van der Waals surface area contributed by atoms with Crippen molar-refractivity contribution in [2.24, 2.45) is 0 Å². The highest BCUT2D eigenvalue weighted by Crippen LogP contribution is 2.29. The first-order valence-electron chi connectivity index (χ1n) is 5.47. The minimum absolute atomic E-state index is 0.0940. The summed E-state index contributed by atoms with van der Waals surface area (Å²) in [6, 6.07) is 12.1. The molecule has 0 amide bonds. The van der Waals surface area contributed by atoms with Crippen molar-refractivity contribution >= 4 is 10.8 Å². The topological polar surface area (TPSA) is 46.5 Å². The molecule has 3 nitrogen and oxygen atoms in total. The van der Waals surface area contributed by atoms with Gasteiger partial charge in [-0.1, -0.05) is 17.7 Å². The van der Waals surface area contributed by atoms with Crippen molar-refractivity contribution in [1.29, 1.82) is 0 Å². The van der Waals surface area contributed by atoms with Crippen LogP contribution < -0.4 is 4.74 Å². The Bertz CT molecular complexity index is 576. The normalized spacial score (nSPS) is 12.1. The first-order valence-corrected chi connectivity index (χ1v) is 6.62. The van der Waals surface area contributed by atoms with E-state index in [1.54, 1.807) is 6.07 Å². The summed E-state index contributed by atoms with van der Waals surface area (Å²) in [4.78, 5) is 1.27. The van der Waals surface area contributed by atoms with Gasteiger partial charge in [0.1, 0.15) is 11.5 Å². The predicted molar refractivity (Wildman–Crippen MR) is 70.5 cm³/mol. The lowest BCUT2D eigenvalue weighted by Crippen LogP contribution is -1.96. The van der Waals surface area contributed by atoms with Gasteiger partial charge in [0.2, 0.25) is 0 Å². The zero-order chi connectivity index (χ0) is 13.1. The number of rotatable bonds is 3. The van der Waals surface area contributed by atoms with Crippen molar-refractivity contribution in [2.75, 3.05) is 7.11 Å². The number of phenolic OH excluding ortho intramolecular Hbond substituents is 1. The molecule has 1 atom stereocenters. The highest BCUT2D eigenvalue weighted by atomic mass is 32.2. The van der Waals surface area contributed by atoms with Gasteiger partial charge in [0.25, 0.3) is 0 Å². The second kappa shape index (κ2) is 5.23. The lowest BCUT2D eigenvalue weighted by molar-refractivity contribution is 0.397. The van der Waals surface area contributed by atoms with Gasteiger partial charge in [0.05, 0.1) is 22.8 Å². The van der Waals surface area contributed by atoms with Crippen LogP contribution in [0.3, 0.4) is 0 Å². The first-order chi connectivity index (χ1) is 8.61. The number of hydrogen-bond donors (Lipinski definition) is 1. The average Bonchev–Trinajstić information content (AvgIpc) is 2.38. The number of aromatic hydroxyl groups is 1. The van der Waals surface area contributed by atoms with Crippen LogP contribution in [0.25, 0.3) is 0 Å². The quantitative estimate of drug-likeness (QED) is 0.925. The molecule has 2 aromatic carbocycles. The molecule has 0 aliphatic rings. The Balaban J connectivity index is 2.42. The summed E-state index contributed by atoms with van der Waals surface area (Å²) in [6.07, 6.45) is 0. The van der Waals surface area contributed by atoms with Gasteiger partial charge in [0.15, 0.2) is 0 Å². The Labute approximate surface area is 109 Å². The van der Waals surface area contributed by atoms with Crippen molar-refractivity contribution in [3.63, 3.8) is 0 Å². The maximum Gasteiger partial charge on any atom is 0.139 e. The second-order valence-corrected chi connectivity index (χ2v) is 5.37. The Morgan fingerprint density at radius 1 is 1.11 bits per heavy atom. The van der Waals surface area contributed by atoms with E-state index >= 15 is 0 Å². The number of ether oxygens (including phenoxy) is 1. The van der Waals surface area contributed by atoms with Crippen molar-refractivity contribution < 1.29 is 14.1 Å². The molecule has 0 radical (unpaired) electrons. The zero-order valence-corrected chi connectivity index (χ0v) is 11.0. The van der Waals surface area contributed by atoms with Crippen LogP contribution in [0.15, 0.2) is 52.3 Å². The molecule has 0 aliphatic heterocycles. The Hall–Kier alpha value is -1.81. The third-order valence-corrected chi connectivity index (χ3v) is 4.02. The van der Waals surface area contributed by atoms with Crippen LogP contribution in [0.2, 0.25) is 0 Å². The third kappa shape index (κ3) is 2.54. The lowest BCUT2D eigenvalue weighted by atomic mass is 10.2. The Morgan fingerprint density at radius 2 is 1.78 bits per heavy atom. The molecule has 0 aliphatic carbocycles. The average molecular weight is 262 g/mol. The van der Waals surface area contributed by atoms with E-state index in [2.05, 4.69) is 0 Å². The number of aryl methyl sites for hydroxylation is 1. The third-order valence-electron chi connectivity index (χ3n) is 2.58. The number of phenols is 1. The summed E-state index contributed by atoms with van der Waals surface area (Å²) < 4.78 is 17.5. The Morgan fingerprint density at radius 3 is 2.39 bits per heavy atom. The fourth-order valence-corrected chi connectivity index (χ4v) is 2.75. The molecule has 1 N–H and O–H groups in total. The van der Waals surface area contributed by atoms with E-state index < -0.39 is 10.8 Å². The summed E-state index contributed by atoms with van der Waals surface area (Å²) in [7, 11) is 0.180. The molecule has 2 aromatic rings. The molecule has 0 aromatic heterocycles. The maximum absolute atomic E-state index is 12.4. The van der Waals surface area contributed by atoms with E-state index in [0.717, 1.165) is 5.56 Å². The van der Waals surface area contributed by atoms with E-state index in [-0.39, 0.29) is 5.75 Å². The van der Waals surface area contributed by atoms with Gasteiger partial charge < -0.3 is 9.84 Å². The molecule has 94 valence electrons. The molecule has 2 rings (SSSR count).